The second-order valence-electron chi connectivity index (χ2n) is 5.73. The summed E-state index contributed by atoms with van der Waals surface area (Å²) < 4.78 is 10.7. The first kappa shape index (κ1) is 13.9. The number of hydrogen-bond donors (Lipinski definition) is 1. The van der Waals surface area contributed by atoms with Crippen molar-refractivity contribution in [2.45, 2.75) is 39.3 Å². The van der Waals surface area contributed by atoms with Gasteiger partial charge in [0.25, 0.3) is 0 Å². The Morgan fingerprint density at radius 1 is 1.42 bits per heavy atom. The highest BCUT2D eigenvalue weighted by Crippen LogP contribution is 2.25. The zero-order chi connectivity index (χ0) is 13.9. The maximum atomic E-state index is 11.5. The molecule has 0 saturated carbocycles. The maximum Gasteiger partial charge on any atom is 0.320 e. The Balaban J connectivity index is 1.78. The molecule has 1 N–H and O–H groups in total. The van der Waals surface area contributed by atoms with Crippen LogP contribution in [-0.2, 0) is 22.5 Å². The summed E-state index contributed by atoms with van der Waals surface area (Å²) in [6.45, 7) is 7.25. The van der Waals surface area contributed by atoms with Crippen molar-refractivity contribution in [3.63, 3.8) is 0 Å². The van der Waals surface area contributed by atoms with Crippen LogP contribution in [0.5, 0.6) is 5.75 Å². The molecule has 0 fully saturated rings. The highest BCUT2D eigenvalue weighted by molar-refractivity contribution is 5.72. The topological polar surface area (TPSA) is 47.6 Å². The lowest BCUT2D eigenvalue weighted by molar-refractivity contribution is -0.153. The van der Waals surface area contributed by atoms with Crippen molar-refractivity contribution in [1.29, 1.82) is 0 Å². The van der Waals surface area contributed by atoms with E-state index in [0.717, 1.165) is 24.3 Å². The van der Waals surface area contributed by atoms with Crippen LogP contribution in [0, 0.1) is 0 Å². The Hall–Kier alpha value is -1.55. The summed E-state index contributed by atoms with van der Waals surface area (Å²) in [5.74, 6) is 0.757. The van der Waals surface area contributed by atoms with Crippen LogP contribution in [-0.4, -0.2) is 24.7 Å². The van der Waals surface area contributed by atoms with E-state index in [2.05, 4.69) is 11.4 Å². The van der Waals surface area contributed by atoms with Gasteiger partial charge in [-0.15, -0.1) is 0 Å². The van der Waals surface area contributed by atoms with E-state index in [-0.39, 0.29) is 12.5 Å². The summed E-state index contributed by atoms with van der Waals surface area (Å²) >= 11 is 0. The number of carbonyl (C=O) groups is 1. The maximum absolute atomic E-state index is 11.5. The van der Waals surface area contributed by atoms with Gasteiger partial charge in [0.2, 0.25) is 0 Å². The van der Waals surface area contributed by atoms with Gasteiger partial charge in [-0.05, 0) is 38.0 Å². The van der Waals surface area contributed by atoms with Gasteiger partial charge in [0, 0.05) is 13.0 Å². The van der Waals surface area contributed by atoms with E-state index >= 15 is 0 Å². The molecule has 0 aromatic heterocycles. The number of ether oxygens (including phenoxy) is 2. The molecule has 1 aromatic rings. The lowest BCUT2D eigenvalue weighted by Gasteiger charge is -2.19. The fraction of sp³-hybridized carbons (Fsp3) is 0.533. The first-order chi connectivity index (χ1) is 8.94. The number of nitrogens with one attached hydrogen (secondary N) is 1. The molecule has 19 heavy (non-hydrogen) atoms. The minimum absolute atomic E-state index is 0.225. The van der Waals surface area contributed by atoms with E-state index in [4.69, 9.17) is 9.47 Å². The molecular formula is C15H21NO3. The predicted octanol–water partition coefficient (Wildman–Crippen LogP) is 2.05. The van der Waals surface area contributed by atoms with Gasteiger partial charge in [0.1, 0.15) is 11.4 Å². The molecule has 2 rings (SSSR count). The molecule has 1 heterocycles. The zero-order valence-corrected chi connectivity index (χ0v) is 11.8. The molecule has 0 spiro atoms. The third-order valence-corrected chi connectivity index (χ3v) is 2.77. The fourth-order valence-corrected chi connectivity index (χ4v) is 2.04. The third kappa shape index (κ3) is 4.24. The van der Waals surface area contributed by atoms with Gasteiger partial charge in [0.05, 0.1) is 13.2 Å². The fourth-order valence-electron chi connectivity index (χ4n) is 2.04. The summed E-state index contributed by atoms with van der Waals surface area (Å²) in [6.07, 6.45) is 0.967. The van der Waals surface area contributed by atoms with Gasteiger partial charge in [0.15, 0.2) is 0 Å². The van der Waals surface area contributed by atoms with Gasteiger partial charge >= 0.3 is 5.97 Å². The molecule has 0 atom stereocenters. The standard InChI is InChI=1S/C15H21NO3/c1-15(2,3)19-14(17)10-16-9-11-4-5-13-12(8-11)6-7-18-13/h4-5,8,16H,6-7,9-10H2,1-3H3. The van der Waals surface area contributed by atoms with Gasteiger partial charge in [-0.3, -0.25) is 4.79 Å². The molecule has 0 aliphatic carbocycles. The number of rotatable bonds is 4. The highest BCUT2D eigenvalue weighted by atomic mass is 16.6. The molecule has 104 valence electrons. The second kappa shape index (κ2) is 5.61. The van der Waals surface area contributed by atoms with Crippen LogP contribution < -0.4 is 10.1 Å². The third-order valence-electron chi connectivity index (χ3n) is 2.77. The van der Waals surface area contributed by atoms with Crippen LogP contribution in [0.1, 0.15) is 31.9 Å². The molecule has 4 nitrogen and oxygen atoms in total. The molecule has 0 saturated heterocycles. The largest absolute Gasteiger partial charge is 0.493 e. The van der Waals surface area contributed by atoms with E-state index in [1.807, 2.05) is 32.9 Å². The van der Waals surface area contributed by atoms with Gasteiger partial charge < -0.3 is 14.8 Å². The Bertz CT molecular complexity index is 463. The molecule has 1 aromatic carbocycles. The van der Waals surface area contributed by atoms with Gasteiger partial charge in [-0.2, -0.15) is 0 Å². The van der Waals surface area contributed by atoms with Crippen LogP contribution in [0.15, 0.2) is 18.2 Å². The number of carbonyl (C=O) groups excluding carboxylic acids is 1. The SMILES string of the molecule is CC(C)(C)OC(=O)CNCc1ccc2c(c1)CCO2. The molecule has 0 bridgehead atoms. The van der Waals surface area contributed by atoms with E-state index in [0.29, 0.717) is 6.54 Å². The summed E-state index contributed by atoms with van der Waals surface area (Å²) in [5, 5.41) is 3.10. The average molecular weight is 263 g/mol. The summed E-state index contributed by atoms with van der Waals surface area (Å²) in [7, 11) is 0. The molecule has 1 aliphatic rings. The molecule has 0 radical (unpaired) electrons. The summed E-state index contributed by atoms with van der Waals surface area (Å²) in [6, 6.07) is 6.14. The molecule has 0 unspecified atom stereocenters. The Kier molecular flexibility index (Phi) is 4.10. The lowest BCUT2D eigenvalue weighted by atomic mass is 10.1. The van der Waals surface area contributed by atoms with Crippen LogP contribution in [0.4, 0.5) is 0 Å². The molecule has 4 heteroatoms. The highest BCUT2D eigenvalue weighted by Gasteiger charge is 2.16. The first-order valence-corrected chi connectivity index (χ1v) is 6.61. The minimum atomic E-state index is -0.427. The zero-order valence-electron chi connectivity index (χ0n) is 11.8. The molecule has 1 aliphatic heterocycles. The smallest absolute Gasteiger partial charge is 0.320 e. The molecule has 0 amide bonds. The van der Waals surface area contributed by atoms with E-state index in [9.17, 15) is 4.79 Å². The predicted molar refractivity (Wildman–Crippen MR) is 73.2 cm³/mol. The number of benzene rings is 1. The van der Waals surface area contributed by atoms with Crippen LogP contribution >= 0.6 is 0 Å². The number of hydrogen-bond acceptors (Lipinski definition) is 4. The molecular weight excluding hydrogens is 242 g/mol. The quantitative estimate of drug-likeness (QED) is 0.845. The van der Waals surface area contributed by atoms with Crippen LogP contribution in [0.2, 0.25) is 0 Å². The van der Waals surface area contributed by atoms with Crippen molar-refractivity contribution in [3.8, 4) is 5.75 Å². The van der Waals surface area contributed by atoms with Crippen molar-refractivity contribution in [2.24, 2.45) is 0 Å². The van der Waals surface area contributed by atoms with E-state index in [1.165, 1.54) is 5.56 Å². The summed E-state index contributed by atoms with van der Waals surface area (Å²) in [4.78, 5) is 11.5. The normalized spacial score (nSPS) is 13.8. The van der Waals surface area contributed by atoms with Gasteiger partial charge in [-0.1, -0.05) is 12.1 Å². The van der Waals surface area contributed by atoms with E-state index < -0.39 is 5.60 Å². The minimum Gasteiger partial charge on any atom is -0.493 e. The average Bonchev–Trinajstić information content (AvgIpc) is 2.73. The van der Waals surface area contributed by atoms with Crippen molar-refractivity contribution in [1.82, 2.24) is 5.32 Å². The summed E-state index contributed by atoms with van der Waals surface area (Å²) in [5.41, 5.74) is 1.98. The first-order valence-electron chi connectivity index (χ1n) is 6.61. The number of fused-ring (bicyclic) bond motifs is 1. The number of esters is 1. The Labute approximate surface area is 114 Å². The van der Waals surface area contributed by atoms with Gasteiger partial charge in [-0.25, -0.2) is 0 Å². The van der Waals surface area contributed by atoms with E-state index in [1.54, 1.807) is 0 Å². The Morgan fingerprint density at radius 3 is 2.95 bits per heavy atom. The van der Waals surface area contributed by atoms with Crippen molar-refractivity contribution >= 4 is 5.97 Å². The monoisotopic (exact) mass is 263 g/mol. The van der Waals surface area contributed by atoms with Crippen molar-refractivity contribution in [2.75, 3.05) is 13.2 Å². The Morgan fingerprint density at radius 2 is 2.21 bits per heavy atom. The van der Waals surface area contributed by atoms with Crippen molar-refractivity contribution < 1.29 is 14.3 Å². The van der Waals surface area contributed by atoms with Crippen molar-refractivity contribution in [3.05, 3.63) is 29.3 Å². The lowest BCUT2D eigenvalue weighted by Crippen LogP contribution is -2.31. The van der Waals surface area contributed by atoms with Crippen LogP contribution in [0.3, 0.4) is 0 Å². The van der Waals surface area contributed by atoms with Crippen LogP contribution in [0.25, 0.3) is 0 Å². The second-order valence-corrected chi connectivity index (χ2v) is 5.73.